The van der Waals surface area contributed by atoms with Crippen molar-refractivity contribution in [1.29, 1.82) is 0 Å². The van der Waals surface area contributed by atoms with Crippen LogP contribution in [-0.4, -0.2) is 7.05 Å². The number of rotatable bonds is 4. The van der Waals surface area contributed by atoms with Gasteiger partial charge in [0.05, 0.1) is 0 Å². The van der Waals surface area contributed by atoms with E-state index in [1.165, 1.54) is 11.1 Å². The molecule has 0 aliphatic rings. The second-order valence-corrected chi connectivity index (χ2v) is 5.97. The van der Waals surface area contributed by atoms with Crippen molar-refractivity contribution in [3.8, 4) is 0 Å². The Bertz CT molecular complexity index is 511. The second kappa shape index (κ2) is 6.50. The minimum atomic E-state index is 0.315. The van der Waals surface area contributed by atoms with Gasteiger partial charge in [0.15, 0.2) is 0 Å². The number of hydrogen-bond acceptors (Lipinski definition) is 1. The van der Waals surface area contributed by atoms with E-state index in [1.807, 2.05) is 13.1 Å². The van der Waals surface area contributed by atoms with E-state index in [0.29, 0.717) is 6.04 Å². The van der Waals surface area contributed by atoms with Crippen LogP contribution in [0, 0.1) is 0 Å². The summed E-state index contributed by atoms with van der Waals surface area (Å²) >= 11 is 7.12. The Morgan fingerprint density at radius 2 is 1.78 bits per heavy atom. The van der Waals surface area contributed by atoms with Crippen molar-refractivity contribution in [2.75, 3.05) is 7.05 Å². The van der Waals surface area contributed by atoms with Crippen LogP contribution in [0.1, 0.15) is 17.2 Å². The van der Waals surface area contributed by atoms with E-state index >= 15 is 0 Å². The fourth-order valence-corrected chi connectivity index (χ4v) is 3.32. The molecule has 0 spiro atoms. The van der Waals surface area contributed by atoms with E-state index in [9.17, 15) is 0 Å². The fraction of sp³-hybridized carbons (Fsp3) is 0.200. The molecule has 1 unspecified atom stereocenters. The molecule has 0 saturated carbocycles. The van der Waals surface area contributed by atoms with Crippen LogP contribution in [0.3, 0.4) is 0 Å². The van der Waals surface area contributed by atoms with Crippen molar-refractivity contribution in [2.24, 2.45) is 0 Å². The second-order valence-electron chi connectivity index (χ2n) is 4.20. The van der Waals surface area contributed by atoms with Gasteiger partial charge in [0, 0.05) is 15.0 Å². The molecule has 2 aromatic carbocycles. The van der Waals surface area contributed by atoms with Crippen molar-refractivity contribution in [2.45, 2.75) is 12.5 Å². The average Bonchev–Trinajstić information content (AvgIpc) is 2.38. The Balaban J connectivity index is 2.23. The first-order chi connectivity index (χ1) is 8.70. The van der Waals surface area contributed by atoms with Crippen LogP contribution in [0.15, 0.2) is 57.5 Å². The van der Waals surface area contributed by atoms with Crippen molar-refractivity contribution < 1.29 is 0 Å². The minimum absolute atomic E-state index is 0.315. The minimum Gasteiger partial charge on any atom is -0.313 e. The number of hydrogen-bond donors (Lipinski definition) is 1. The largest absolute Gasteiger partial charge is 0.313 e. The molecule has 0 bridgehead atoms. The van der Waals surface area contributed by atoms with Crippen molar-refractivity contribution in [3.05, 3.63) is 68.6 Å². The summed E-state index contributed by atoms with van der Waals surface area (Å²) in [6, 6.07) is 17.2. The summed E-state index contributed by atoms with van der Waals surface area (Å²) in [6.45, 7) is 0. The molecule has 0 amide bonds. The van der Waals surface area contributed by atoms with Gasteiger partial charge in [0.1, 0.15) is 0 Å². The molecule has 2 rings (SSSR count). The third kappa shape index (κ3) is 3.44. The first kappa shape index (κ1) is 13.8. The molecule has 3 heteroatoms. The van der Waals surface area contributed by atoms with Gasteiger partial charge in [-0.15, -0.1) is 0 Å². The molecule has 0 aliphatic heterocycles. The quantitative estimate of drug-likeness (QED) is 0.823. The summed E-state index contributed by atoms with van der Waals surface area (Å²) in [5.74, 6) is 0. The number of likely N-dealkylation sites (N-methyl/N-ethyl adjacent to an activating group) is 1. The van der Waals surface area contributed by atoms with E-state index in [1.54, 1.807) is 0 Å². The Morgan fingerprint density at radius 1 is 1.06 bits per heavy atom. The summed E-state index contributed by atoms with van der Waals surface area (Å²) in [5.41, 5.74) is 2.62. The van der Waals surface area contributed by atoms with Crippen LogP contribution in [-0.2, 0) is 6.42 Å². The van der Waals surface area contributed by atoms with Crippen molar-refractivity contribution >= 4 is 31.9 Å². The monoisotopic (exact) mass is 367 g/mol. The highest BCUT2D eigenvalue weighted by molar-refractivity contribution is 9.11. The molecule has 1 N–H and O–H groups in total. The Morgan fingerprint density at radius 3 is 2.39 bits per heavy atom. The molecule has 0 radical (unpaired) electrons. The smallest absolute Gasteiger partial charge is 0.0369 e. The lowest BCUT2D eigenvalue weighted by Gasteiger charge is -2.18. The van der Waals surface area contributed by atoms with Gasteiger partial charge >= 0.3 is 0 Å². The molecule has 0 fully saturated rings. The molecule has 0 aromatic heterocycles. The zero-order valence-corrected chi connectivity index (χ0v) is 13.3. The highest BCUT2D eigenvalue weighted by atomic mass is 79.9. The van der Waals surface area contributed by atoms with E-state index in [4.69, 9.17) is 0 Å². The normalized spacial score (nSPS) is 12.4. The summed E-state index contributed by atoms with van der Waals surface area (Å²) < 4.78 is 2.22. The zero-order chi connectivity index (χ0) is 13.0. The molecular formula is C15H15Br2N. The number of halogens is 2. The fourth-order valence-electron chi connectivity index (χ4n) is 2.00. The predicted molar refractivity (Wildman–Crippen MR) is 83.8 cm³/mol. The van der Waals surface area contributed by atoms with E-state index in [2.05, 4.69) is 79.6 Å². The maximum absolute atomic E-state index is 3.63. The van der Waals surface area contributed by atoms with Gasteiger partial charge < -0.3 is 5.32 Å². The maximum Gasteiger partial charge on any atom is 0.0369 e. The third-order valence-corrected chi connectivity index (χ3v) is 4.15. The highest BCUT2D eigenvalue weighted by Gasteiger charge is 2.13. The van der Waals surface area contributed by atoms with Gasteiger partial charge in [-0.25, -0.2) is 0 Å². The lowest BCUT2D eigenvalue weighted by molar-refractivity contribution is 0.589. The molecule has 94 valence electrons. The highest BCUT2D eigenvalue weighted by Crippen LogP contribution is 2.28. The van der Waals surface area contributed by atoms with Crippen LogP contribution < -0.4 is 5.32 Å². The first-order valence-corrected chi connectivity index (χ1v) is 7.45. The molecule has 0 aliphatic carbocycles. The lowest BCUT2D eigenvalue weighted by Crippen LogP contribution is -2.19. The molecule has 0 heterocycles. The Hall–Kier alpha value is -0.640. The summed E-state index contributed by atoms with van der Waals surface area (Å²) in [5, 5.41) is 3.38. The van der Waals surface area contributed by atoms with Gasteiger partial charge in [0.25, 0.3) is 0 Å². The van der Waals surface area contributed by atoms with Crippen molar-refractivity contribution in [3.63, 3.8) is 0 Å². The van der Waals surface area contributed by atoms with E-state index in [-0.39, 0.29) is 0 Å². The summed E-state index contributed by atoms with van der Waals surface area (Å²) in [6.07, 6.45) is 0.984. The molecule has 18 heavy (non-hydrogen) atoms. The topological polar surface area (TPSA) is 12.0 Å². The summed E-state index contributed by atoms with van der Waals surface area (Å²) in [4.78, 5) is 0. The van der Waals surface area contributed by atoms with Crippen LogP contribution >= 0.6 is 31.9 Å². The SMILES string of the molecule is CNC(Cc1ccccc1)c1ccc(Br)cc1Br. The van der Waals surface area contributed by atoms with E-state index < -0.39 is 0 Å². The number of benzene rings is 2. The van der Waals surface area contributed by atoms with Crippen molar-refractivity contribution in [1.82, 2.24) is 5.32 Å². The van der Waals surface area contributed by atoms with Crippen LogP contribution in [0.2, 0.25) is 0 Å². The first-order valence-electron chi connectivity index (χ1n) is 5.87. The van der Waals surface area contributed by atoms with Crippen LogP contribution in [0.5, 0.6) is 0 Å². The zero-order valence-electron chi connectivity index (χ0n) is 10.2. The lowest BCUT2D eigenvalue weighted by atomic mass is 9.99. The average molecular weight is 369 g/mol. The van der Waals surface area contributed by atoms with E-state index in [0.717, 1.165) is 15.4 Å². The van der Waals surface area contributed by atoms with Gasteiger partial charge in [-0.1, -0.05) is 68.3 Å². The third-order valence-electron chi connectivity index (χ3n) is 2.97. The molecule has 0 saturated heterocycles. The standard InChI is InChI=1S/C15H15Br2N/c1-18-15(9-11-5-3-2-4-6-11)13-8-7-12(16)10-14(13)17/h2-8,10,15,18H,9H2,1H3. The Labute approximate surface area is 125 Å². The summed E-state index contributed by atoms with van der Waals surface area (Å²) in [7, 11) is 2.00. The van der Waals surface area contributed by atoms with Gasteiger partial charge in [-0.05, 0) is 36.7 Å². The van der Waals surface area contributed by atoms with Gasteiger partial charge in [-0.3, -0.25) is 0 Å². The molecule has 1 atom stereocenters. The molecule has 1 nitrogen and oxygen atoms in total. The maximum atomic E-state index is 3.63. The molecular weight excluding hydrogens is 354 g/mol. The predicted octanol–water partition coefficient (Wildman–Crippen LogP) is 4.71. The van der Waals surface area contributed by atoms with Crippen LogP contribution in [0.4, 0.5) is 0 Å². The molecule has 2 aromatic rings. The van der Waals surface area contributed by atoms with Gasteiger partial charge in [0.2, 0.25) is 0 Å². The Kier molecular flexibility index (Phi) is 4.98. The van der Waals surface area contributed by atoms with Crippen LogP contribution in [0.25, 0.3) is 0 Å². The van der Waals surface area contributed by atoms with Gasteiger partial charge in [-0.2, -0.15) is 0 Å². The number of nitrogens with one attached hydrogen (secondary N) is 1.